The maximum atomic E-state index is 12.0. The van der Waals surface area contributed by atoms with Crippen LogP contribution in [0, 0.1) is 5.92 Å². The van der Waals surface area contributed by atoms with Crippen LogP contribution in [0.4, 0.5) is 4.79 Å². The Morgan fingerprint density at radius 2 is 1.90 bits per heavy atom. The van der Waals surface area contributed by atoms with Gasteiger partial charge in [0.25, 0.3) is 0 Å². The molecule has 0 spiro atoms. The van der Waals surface area contributed by atoms with E-state index in [-0.39, 0.29) is 12.1 Å². The number of carbonyl (C=O) groups excluding carboxylic acids is 1. The van der Waals surface area contributed by atoms with Crippen molar-refractivity contribution in [3.8, 4) is 0 Å². The summed E-state index contributed by atoms with van der Waals surface area (Å²) < 4.78 is 16.3. The highest BCUT2D eigenvalue weighted by molar-refractivity contribution is 5.80. The molecule has 0 radical (unpaired) electrons. The third-order valence-electron chi connectivity index (χ3n) is 5.56. The van der Waals surface area contributed by atoms with E-state index >= 15 is 0 Å². The summed E-state index contributed by atoms with van der Waals surface area (Å²) in [5.41, 5.74) is -0.472. The van der Waals surface area contributed by atoms with Crippen molar-refractivity contribution in [1.82, 2.24) is 16.0 Å². The summed E-state index contributed by atoms with van der Waals surface area (Å²) in [7, 11) is 0. The normalized spacial score (nSPS) is 24.6. The van der Waals surface area contributed by atoms with Gasteiger partial charge in [0.1, 0.15) is 11.4 Å². The van der Waals surface area contributed by atoms with Crippen LogP contribution in [0.5, 0.6) is 0 Å². The SMILES string of the molecule is CC(C)(C)OC(=O)NC1CCC(NC(=NCC2CCOC2)NCCc2ccco2)CC1. The molecule has 1 aromatic heterocycles. The lowest BCUT2D eigenvalue weighted by Gasteiger charge is -2.31. The lowest BCUT2D eigenvalue weighted by atomic mass is 9.91. The van der Waals surface area contributed by atoms with E-state index in [1.54, 1.807) is 6.26 Å². The van der Waals surface area contributed by atoms with Gasteiger partial charge >= 0.3 is 6.09 Å². The van der Waals surface area contributed by atoms with E-state index in [0.717, 1.165) is 76.5 Å². The molecule has 31 heavy (non-hydrogen) atoms. The Hall–Kier alpha value is -2.22. The van der Waals surface area contributed by atoms with Gasteiger partial charge in [-0.1, -0.05) is 0 Å². The molecule has 1 aromatic rings. The summed E-state index contributed by atoms with van der Waals surface area (Å²) in [5.74, 6) is 2.31. The predicted octanol–water partition coefficient (Wildman–Crippen LogP) is 3.23. The molecule has 1 unspecified atom stereocenters. The molecule has 174 valence electrons. The van der Waals surface area contributed by atoms with Crippen LogP contribution in [0.1, 0.15) is 58.6 Å². The Labute approximate surface area is 185 Å². The molecule has 1 atom stereocenters. The summed E-state index contributed by atoms with van der Waals surface area (Å²) in [6, 6.07) is 4.40. The highest BCUT2D eigenvalue weighted by Gasteiger charge is 2.25. The van der Waals surface area contributed by atoms with Gasteiger partial charge in [-0.3, -0.25) is 4.99 Å². The van der Waals surface area contributed by atoms with Crippen LogP contribution in [0.25, 0.3) is 0 Å². The number of furan rings is 1. The molecule has 0 bridgehead atoms. The topological polar surface area (TPSA) is 97.1 Å². The second kappa shape index (κ2) is 11.4. The van der Waals surface area contributed by atoms with Crippen molar-refractivity contribution in [3.05, 3.63) is 24.2 Å². The minimum absolute atomic E-state index is 0.163. The van der Waals surface area contributed by atoms with Crippen molar-refractivity contribution in [2.45, 2.75) is 77.0 Å². The summed E-state index contributed by atoms with van der Waals surface area (Å²) in [6.07, 6.45) is 7.06. The Morgan fingerprint density at radius 3 is 2.52 bits per heavy atom. The number of aliphatic imine (C=N–C) groups is 1. The zero-order valence-corrected chi connectivity index (χ0v) is 19.1. The fourth-order valence-corrected chi connectivity index (χ4v) is 3.91. The minimum Gasteiger partial charge on any atom is -0.469 e. The highest BCUT2D eigenvalue weighted by Crippen LogP contribution is 2.19. The van der Waals surface area contributed by atoms with Crippen LogP contribution in [0.15, 0.2) is 27.8 Å². The van der Waals surface area contributed by atoms with E-state index in [9.17, 15) is 4.79 Å². The van der Waals surface area contributed by atoms with E-state index in [1.807, 2.05) is 32.9 Å². The van der Waals surface area contributed by atoms with Crippen molar-refractivity contribution in [3.63, 3.8) is 0 Å². The van der Waals surface area contributed by atoms with E-state index < -0.39 is 5.60 Å². The van der Waals surface area contributed by atoms with Crippen LogP contribution in [0.3, 0.4) is 0 Å². The predicted molar refractivity (Wildman–Crippen MR) is 120 cm³/mol. The van der Waals surface area contributed by atoms with E-state index in [1.165, 1.54) is 0 Å². The molecule has 1 saturated carbocycles. The number of amides is 1. The van der Waals surface area contributed by atoms with Gasteiger partial charge in [0.15, 0.2) is 5.96 Å². The molecule has 2 fully saturated rings. The molecule has 0 aromatic carbocycles. The number of carbonyl (C=O) groups is 1. The van der Waals surface area contributed by atoms with Crippen molar-refractivity contribution >= 4 is 12.1 Å². The number of ether oxygens (including phenoxy) is 2. The van der Waals surface area contributed by atoms with E-state index in [2.05, 4.69) is 16.0 Å². The van der Waals surface area contributed by atoms with Gasteiger partial charge in [0.05, 0.1) is 12.9 Å². The molecular formula is C23H38N4O4. The highest BCUT2D eigenvalue weighted by atomic mass is 16.6. The Bertz CT molecular complexity index is 685. The molecule has 3 N–H and O–H groups in total. The molecule has 2 aliphatic rings. The Balaban J connectivity index is 1.44. The number of hydrogen-bond acceptors (Lipinski definition) is 5. The lowest BCUT2D eigenvalue weighted by Crippen LogP contribution is -2.48. The van der Waals surface area contributed by atoms with Gasteiger partial charge in [-0.15, -0.1) is 0 Å². The van der Waals surface area contributed by atoms with Gasteiger partial charge in [-0.2, -0.15) is 0 Å². The molecular weight excluding hydrogens is 396 g/mol. The van der Waals surface area contributed by atoms with Crippen LogP contribution in [-0.4, -0.2) is 56.0 Å². The first-order valence-corrected chi connectivity index (χ1v) is 11.5. The quantitative estimate of drug-likeness (QED) is 0.450. The second-order valence-corrected chi connectivity index (χ2v) is 9.51. The minimum atomic E-state index is -0.472. The number of hydrogen-bond donors (Lipinski definition) is 3. The van der Waals surface area contributed by atoms with Crippen LogP contribution < -0.4 is 16.0 Å². The summed E-state index contributed by atoms with van der Waals surface area (Å²) in [5, 5.41) is 10.0. The fraction of sp³-hybridized carbons (Fsp3) is 0.739. The average molecular weight is 435 g/mol. The van der Waals surface area contributed by atoms with Gasteiger partial charge in [-0.05, 0) is 65.0 Å². The monoisotopic (exact) mass is 434 g/mol. The largest absolute Gasteiger partial charge is 0.469 e. The standard InChI is InChI=1S/C23H38N4O4/c1-23(2,3)31-22(28)27-19-8-6-18(7-9-19)26-21(25-15-17-11-14-29-16-17)24-12-10-20-5-4-13-30-20/h4-5,13,17-19H,6-12,14-16H2,1-3H3,(H,27,28)(H2,24,25,26). The lowest BCUT2D eigenvalue weighted by molar-refractivity contribution is 0.0490. The number of guanidine groups is 1. The third-order valence-corrected chi connectivity index (χ3v) is 5.56. The van der Waals surface area contributed by atoms with Crippen molar-refractivity contribution < 1.29 is 18.7 Å². The molecule has 1 saturated heterocycles. The van der Waals surface area contributed by atoms with Crippen LogP contribution in [0.2, 0.25) is 0 Å². The molecule has 1 amide bonds. The zero-order chi connectivity index (χ0) is 22.1. The van der Waals surface area contributed by atoms with Gasteiger partial charge in [-0.25, -0.2) is 4.79 Å². The molecule has 8 heteroatoms. The first kappa shape index (κ1) is 23.4. The Morgan fingerprint density at radius 1 is 1.16 bits per heavy atom. The number of rotatable bonds is 7. The van der Waals surface area contributed by atoms with Gasteiger partial charge in [0, 0.05) is 44.1 Å². The number of nitrogens with one attached hydrogen (secondary N) is 3. The van der Waals surface area contributed by atoms with Crippen molar-refractivity contribution in [1.29, 1.82) is 0 Å². The van der Waals surface area contributed by atoms with Crippen LogP contribution >= 0.6 is 0 Å². The van der Waals surface area contributed by atoms with E-state index in [4.69, 9.17) is 18.9 Å². The Kier molecular flexibility index (Phi) is 8.63. The molecule has 8 nitrogen and oxygen atoms in total. The van der Waals surface area contributed by atoms with Gasteiger partial charge in [0.2, 0.25) is 0 Å². The van der Waals surface area contributed by atoms with Crippen molar-refractivity contribution in [2.75, 3.05) is 26.3 Å². The van der Waals surface area contributed by atoms with Gasteiger partial charge < -0.3 is 29.8 Å². The maximum Gasteiger partial charge on any atom is 0.407 e. The summed E-state index contributed by atoms with van der Waals surface area (Å²) >= 11 is 0. The first-order valence-electron chi connectivity index (χ1n) is 11.5. The fourth-order valence-electron chi connectivity index (χ4n) is 3.91. The zero-order valence-electron chi connectivity index (χ0n) is 19.1. The molecule has 3 rings (SSSR count). The molecule has 1 aliphatic heterocycles. The molecule has 2 heterocycles. The number of alkyl carbamates (subject to hydrolysis) is 1. The van der Waals surface area contributed by atoms with Crippen LogP contribution in [-0.2, 0) is 15.9 Å². The molecule has 1 aliphatic carbocycles. The maximum absolute atomic E-state index is 12.0. The van der Waals surface area contributed by atoms with E-state index in [0.29, 0.717) is 12.0 Å². The summed E-state index contributed by atoms with van der Waals surface area (Å²) in [6.45, 7) is 8.80. The first-order chi connectivity index (χ1) is 14.9. The third kappa shape index (κ3) is 8.81. The second-order valence-electron chi connectivity index (χ2n) is 9.51. The number of nitrogens with zero attached hydrogens (tertiary/aromatic N) is 1. The average Bonchev–Trinajstić information content (AvgIpc) is 3.40. The van der Waals surface area contributed by atoms with Crippen molar-refractivity contribution in [2.24, 2.45) is 10.9 Å². The smallest absolute Gasteiger partial charge is 0.407 e. The summed E-state index contributed by atoms with van der Waals surface area (Å²) in [4.78, 5) is 16.8.